The van der Waals surface area contributed by atoms with Crippen molar-refractivity contribution in [3.05, 3.63) is 0 Å². The quantitative estimate of drug-likeness (QED) is 0.750. The molecule has 4 atom stereocenters. The molecule has 3 aliphatic rings. The van der Waals surface area contributed by atoms with Crippen LogP contribution in [-0.4, -0.2) is 45.7 Å². The lowest BCUT2D eigenvalue weighted by atomic mass is 10.0. The molecule has 1 heterocycles. The van der Waals surface area contributed by atoms with Crippen LogP contribution in [-0.2, 0) is 9.59 Å². The second-order valence-corrected chi connectivity index (χ2v) is 5.87. The fourth-order valence-electron chi connectivity index (χ4n) is 3.84. The lowest BCUT2D eigenvalue weighted by molar-refractivity contribution is -0.149. The summed E-state index contributed by atoms with van der Waals surface area (Å²) in [5, 5.41) is 18.7. The molecule has 2 aliphatic carbocycles. The maximum atomic E-state index is 12.4. The number of fused-ring (bicyclic) bond motifs is 1. The molecule has 0 bridgehead atoms. The highest BCUT2D eigenvalue weighted by Gasteiger charge is 2.57. The standard InChI is InChI=1S/C13H19NO4/c15-7-5-10(13(17)18)14(6-7)12(16)11-8-3-1-2-4-9(8)11/h7-11,15H,1-6H2,(H,17,18). The summed E-state index contributed by atoms with van der Waals surface area (Å²) < 4.78 is 0. The fraction of sp³-hybridized carbons (Fsp3) is 0.846. The zero-order valence-corrected chi connectivity index (χ0v) is 10.3. The number of aliphatic hydroxyl groups excluding tert-OH is 1. The molecule has 5 nitrogen and oxygen atoms in total. The van der Waals surface area contributed by atoms with E-state index in [9.17, 15) is 14.7 Å². The second-order valence-electron chi connectivity index (χ2n) is 5.87. The van der Waals surface area contributed by atoms with Crippen LogP contribution in [0.1, 0.15) is 32.1 Å². The Morgan fingerprint density at radius 1 is 1.11 bits per heavy atom. The van der Waals surface area contributed by atoms with E-state index in [-0.39, 0.29) is 24.8 Å². The van der Waals surface area contributed by atoms with Crippen molar-refractivity contribution in [1.29, 1.82) is 0 Å². The second kappa shape index (κ2) is 4.23. The highest BCUT2D eigenvalue weighted by atomic mass is 16.4. The first kappa shape index (κ1) is 12.0. The predicted molar refractivity (Wildman–Crippen MR) is 62.7 cm³/mol. The number of carboxylic acids is 1. The van der Waals surface area contributed by atoms with Gasteiger partial charge in [0.05, 0.1) is 6.10 Å². The number of aliphatic hydroxyl groups is 1. The minimum absolute atomic E-state index is 0.0316. The third kappa shape index (κ3) is 1.81. The maximum Gasteiger partial charge on any atom is 0.326 e. The van der Waals surface area contributed by atoms with Crippen LogP contribution >= 0.6 is 0 Å². The van der Waals surface area contributed by atoms with Gasteiger partial charge >= 0.3 is 5.97 Å². The number of carboxylic acid groups (broad SMARTS) is 1. The summed E-state index contributed by atoms with van der Waals surface area (Å²) in [6, 6.07) is -0.824. The number of β-amino-alcohol motifs (C(OH)–C–C–N with tert-alkyl or cyclic N) is 1. The first-order valence-corrected chi connectivity index (χ1v) is 6.81. The van der Waals surface area contributed by atoms with Gasteiger partial charge in [0.2, 0.25) is 5.91 Å². The predicted octanol–water partition coefficient (Wildman–Crippen LogP) is 0.469. The Bertz CT molecular complexity index is 371. The van der Waals surface area contributed by atoms with Crippen molar-refractivity contribution >= 4 is 11.9 Å². The van der Waals surface area contributed by atoms with Gasteiger partial charge in [-0.1, -0.05) is 12.8 Å². The van der Waals surface area contributed by atoms with Crippen LogP contribution in [0.2, 0.25) is 0 Å². The number of amides is 1. The van der Waals surface area contributed by atoms with Crippen LogP contribution < -0.4 is 0 Å². The number of hydrogen-bond acceptors (Lipinski definition) is 3. The van der Waals surface area contributed by atoms with E-state index in [1.54, 1.807) is 0 Å². The van der Waals surface area contributed by atoms with E-state index in [1.807, 2.05) is 0 Å². The van der Waals surface area contributed by atoms with Gasteiger partial charge in [-0.25, -0.2) is 4.79 Å². The molecule has 0 aromatic rings. The minimum Gasteiger partial charge on any atom is -0.480 e. The van der Waals surface area contributed by atoms with Crippen molar-refractivity contribution in [1.82, 2.24) is 4.90 Å². The van der Waals surface area contributed by atoms with Crippen LogP contribution in [0, 0.1) is 17.8 Å². The van der Waals surface area contributed by atoms with Gasteiger partial charge in [-0.3, -0.25) is 4.79 Å². The fourth-order valence-corrected chi connectivity index (χ4v) is 3.84. The summed E-state index contributed by atoms with van der Waals surface area (Å²) in [6.07, 6.45) is 4.08. The van der Waals surface area contributed by atoms with Gasteiger partial charge in [0, 0.05) is 18.9 Å². The lowest BCUT2D eigenvalue weighted by Gasteiger charge is -2.21. The highest BCUT2D eigenvalue weighted by molar-refractivity contribution is 5.88. The van der Waals surface area contributed by atoms with Crippen molar-refractivity contribution in [2.45, 2.75) is 44.2 Å². The zero-order valence-electron chi connectivity index (χ0n) is 10.3. The number of likely N-dealkylation sites (tertiary alicyclic amines) is 1. The Morgan fingerprint density at radius 3 is 2.28 bits per heavy atom. The number of hydrogen-bond donors (Lipinski definition) is 2. The van der Waals surface area contributed by atoms with Crippen molar-refractivity contribution in [3.8, 4) is 0 Å². The maximum absolute atomic E-state index is 12.4. The first-order chi connectivity index (χ1) is 8.59. The molecular weight excluding hydrogens is 234 g/mol. The van der Waals surface area contributed by atoms with Crippen LogP contribution in [0.25, 0.3) is 0 Å². The first-order valence-electron chi connectivity index (χ1n) is 6.81. The Balaban J connectivity index is 1.70. The van der Waals surface area contributed by atoms with Gasteiger partial charge in [-0.2, -0.15) is 0 Å². The third-order valence-corrected chi connectivity index (χ3v) is 4.79. The minimum atomic E-state index is -0.997. The van der Waals surface area contributed by atoms with E-state index in [0.717, 1.165) is 12.8 Å². The summed E-state index contributed by atoms with van der Waals surface area (Å²) in [4.78, 5) is 24.9. The van der Waals surface area contributed by atoms with Gasteiger partial charge in [0.15, 0.2) is 0 Å². The Morgan fingerprint density at radius 2 is 1.72 bits per heavy atom. The molecule has 1 aliphatic heterocycles. The van der Waals surface area contributed by atoms with E-state index in [0.29, 0.717) is 11.8 Å². The molecule has 0 spiro atoms. The molecule has 3 rings (SSSR count). The van der Waals surface area contributed by atoms with Crippen LogP contribution in [0.15, 0.2) is 0 Å². The van der Waals surface area contributed by atoms with Crippen molar-refractivity contribution in [2.24, 2.45) is 17.8 Å². The number of rotatable bonds is 2. The number of carbonyl (C=O) groups is 2. The van der Waals surface area contributed by atoms with Crippen molar-refractivity contribution in [2.75, 3.05) is 6.54 Å². The number of nitrogens with zero attached hydrogens (tertiary/aromatic N) is 1. The van der Waals surface area contributed by atoms with Gasteiger partial charge < -0.3 is 15.1 Å². The molecule has 18 heavy (non-hydrogen) atoms. The Kier molecular flexibility index (Phi) is 2.81. The van der Waals surface area contributed by atoms with Crippen LogP contribution in [0.4, 0.5) is 0 Å². The Labute approximate surface area is 106 Å². The van der Waals surface area contributed by atoms with E-state index < -0.39 is 18.1 Å². The van der Waals surface area contributed by atoms with Gasteiger partial charge in [0.25, 0.3) is 0 Å². The smallest absolute Gasteiger partial charge is 0.326 e. The number of carbonyl (C=O) groups excluding carboxylic acids is 1. The normalized spacial score (nSPS) is 42.5. The van der Waals surface area contributed by atoms with Crippen LogP contribution in [0.5, 0.6) is 0 Å². The summed E-state index contributed by atoms with van der Waals surface area (Å²) >= 11 is 0. The third-order valence-electron chi connectivity index (χ3n) is 4.79. The van der Waals surface area contributed by atoms with Gasteiger partial charge in [-0.15, -0.1) is 0 Å². The van der Waals surface area contributed by atoms with Gasteiger partial charge in [-0.05, 0) is 24.7 Å². The molecule has 1 saturated heterocycles. The summed E-state index contributed by atoms with van der Waals surface area (Å²) in [5.41, 5.74) is 0. The van der Waals surface area contributed by atoms with Gasteiger partial charge in [0.1, 0.15) is 6.04 Å². The molecule has 2 saturated carbocycles. The molecule has 100 valence electrons. The molecule has 5 heteroatoms. The van der Waals surface area contributed by atoms with Crippen molar-refractivity contribution < 1.29 is 19.8 Å². The average molecular weight is 253 g/mol. The van der Waals surface area contributed by atoms with Crippen molar-refractivity contribution in [3.63, 3.8) is 0 Å². The van der Waals surface area contributed by atoms with E-state index in [2.05, 4.69) is 0 Å². The molecule has 2 N–H and O–H groups in total. The molecule has 1 amide bonds. The highest BCUT2D eigenvalue weighted by Crippen LogP contribution is 2.56. The lowest BCUT2D eigenvalue weighted by Crippen LogP contribution is -2.41. The molecule has 0 aromatic heterocycles. The monoisotopic (exact) mass is 253 g/mol. The molecule has 0 aromatic carbocycles. The summed E-state index contributed by atoms with van der Waals surface area (Å²) in [5.74, 6) is -0.0177. The molecule has 3 fully saturated rings. The van der Waals surface area contributed by atoms with E-state index >= 15 is 0 Å². The molecule has 4 unspecified atom stereocenters. The summed E-state index contributed by atoms with van der Waals surface area (Å²) in [7, 11) is 0. The largest absolute Gasteiger partial charge is 0.480 e. The average Bonchev–Trinajstić information content (AvgIpc) is 2.94. The number of aliphatic carboxylic acids is 1. The zero-order chi connectivity index (χ0) is 12.9. The molecular formula is C13H19NO4. The Hall–Kier alpha value is -1.10. The van der Waals surface area contributed by atoms with Crippen LogP contribution in [0.3, 0.4) is 0 Å². The van der Waals surface area contributed by atoms with E-state index in [4.69, 9.17) is 5.11 Å². The SMILES string of the molecule is O=C(O)C1CC(O)CN1C(=O)C1C2CCCCC21. The molecule has 0 radical (unpaired) electrons. The summed E-state index contributed by atoms with van der Waals surface area (Å²) in [6.45, 7) is 0.186. The topological polar surface area (TPSA) is 77.8 Å². The van der Waals surface area contributed by atoms with E-state index in [1.165, 1.54) is 17.7 Å².